The van der Waals surface area contributed by atoms with Gasteiger partial charge in [0.15, 0.2) is 0 Å². The van der Waals surface area contributed by atoms with Gasteiger partial charge in [-0.15, -0.1) is 0 Å². The lowest BCUT2D eigenvalue weighted by molar-refractivity contribution is -0.108. The van der Waals surface area contributed by atoms with E-state index < -0.39 is 19.6 Å². The summed E-state index contributed by atoms with van der Waals surface area (Å²) in [5, 5.41) is 0. The highest BCUT2D eigenvalue weighted by atomic mass is 31.2. The topological polar surface area (TPSA) is 35.5 Å². The molecule has 0 unspecified atom stereocenters. The summed E-state index contributed by atoms with van der Waals surface area (Å²) in [6.45, 7) is 2.54. The van der Waals surface area contributed by atoms with Crippen molar-refractivity contribution in [2.75, 3.05) is 13.2 Å². The molecule has 0 amide bonds. The van der Waals surface area contributed by atoms with E-state index in [-0.39, 0.29) is 19.0 Å². The summed E-state index contributed by atoms with van der Waals surface area (Å²) in [6.07, 6.45) is -5.18. The van der Waals surface area contributed by atoms with Gasteiger partial charge in [-0.25, -0.2) is 4.39 Å². The van der Waals surface area contributed by atoms with Gasteiger partial charge >= 0.3 is 13.8 Å². The Balaban J connectivity index is 4.89. The van der Waals surface area contributed by atoms with E-state index in [9.17, 15) is 22.1 Å². The standard InChI is InChI=1S/C7H11F4O3P/c1-3-13-15(12,14-4-2)5-6(8)7(9,10)11/h5H,3-4H2,1-2H3/b6-5-. The molecular weight excluding hydrogens is 239 g/mol. The first-order chi connectivity index (χ1) is 6.75. The third-order valence-corrected chi connectivity index (χ3v) is 2.94. The Morgan fingerprint density at radius 3 is 1.93 bits per heavy atom. The highest BCUT2D eigenvalue weighted by Gasteiger charge is 2.38. The molecule has 0 N–H and O–H groups in total. The Morgan fingerprint density at radius 1 is 1.27 bits per heavy atom. The third kappa shape index (κ3) is 5.30. The molecule has 0 radical (unpaired) electrons. The summed E-state index contributed by atoms with van der Waals surface area (Å²) in [6, 6.07) is 0. The summed E-state index contributed by atoms with van der Waals surface area (Å²) in [7, 11) is -4.13. The molecule has 3 nitrogen and oxygen atoms in total. The van der Waals surface area contributed by atoms with Crippen molar-refractivity contribution in [3.05, 3.63) is 11.6 Å². The van der Waals surface area contributed by atoms with E-state index in [0.29, 0.717) is 0 Å². The molecule has 0 aromatic carbocycles. The maximum Gasteiger partial charge on any atom is 0.443 e. The van der Waals surface area contributed by atoms with Crippen LogP contribution in [0.4, 0.5) is 17.6 Å². The number of rotatable bonds is 5. The molecule has 0 aliphatic carbocycles. The van der Waals surface area contributed by atoms with Gasteiger partial charge in [0.05, 0.1) is 19.0 Å². The first-order valence-corrected chi connectivity index (χ1v) is 5.70. The average Bonchev–Trinajstić information content (AvgIpc) is 2.02. The zero-order chi connectivity index (χ0) is 12.1. The Kier molecular flexibility index (Phi) is 5.48. The van der Waals surface area contributed by atoms with E-state index in [0.717, 1.165) is 0 Å². The predicted molar refractivity (Wildman–Crippen MR) is 46.1 cm³/mol. The predicted octanol–water partition coefficient (Wildman–Crippen LogP) is 3.63. The van der Waals surface area contributed by atoms with Crippen LogP contribution >= 0.6 is 7.60 Å². The molecule has 0 aromatic rings. The summed E-state index contributed by atoms with van der Waals surface area (Å²) in [5.41, 5.74) is 0. The first-order valence-electron chi connectivity index (χ1n) is 4.09. The van der Waals surface area contributed by atoms with E-state index in [2.05, 4.69) is 9.05 Å². The van der Waals surface area contributed by atoms with Crippen molar-refractivity contribution in [2.24, 2.45) is 0 Å². The second-order valence-electron chi connectivity index (χ2n) is 2.35. The number of hydrogen-bond acceptors (Lipinski definition) is 3. The van der Waals surface area contributed by atoms with Gasteiger partial charge < -0.3 is 9.05 Å². The van der Waals surface area contributed by atoms with E-state index in [1.54, 1.807) is 0 Å². The van der Waals surface area contributed by atoms with Crippen LogP contribution in [0.25, 0.3) is 0 Å². The van der Waals surface area contributed by atoms with Crippen molar-refractivity contribution < 1.29 is 31.2 Å². The second-order valence-corrected chi connectivity index (χ2v) is 4.20. The molecule has 0 rings (SSSR count). The van der Waals surface area contributed by atoms with Crippen LogP contribution < -0.4 is 0 Å². The molecule has 0 aliphatic rings. The fourth-order valence-corrected chi connectivity index (χ4v) is 2.05. The van der Waals surface area contributed by atoms with Gasteiger partial charge in [0.25, 0.3) is 0 Å². The Hall–Kier alpha value is -0.390. The minimum absolute atomic E-state index is 0.140. The highest BCUT2D eigenvalue weighted by molar-refractivity contribution is 7.57. The molecule has 0 saturated heterocycles. The van der Waals surface area contributed by atoms with E-state index in [1.807, 2.05) is 0 Å². The zero-order valence-electron chi connectivity index (χ0n) is 8.18. The van der Waals surface area contributed by atoms with Crippen LogP contribution in [-0.2, 0) is 13.6 Å². The van der Waals surface area contributed by atoms with Crippen LogP contribution in [0.2, 0.25) is 0 Å². The fraction of sp³-hybridized carbons (Fsp3) is 0.714. The normalized spacial score (nSPS) is 14.4. The summed E-state index contributed by atoms with van der Waals surface area (Å²) in [4.78, 5) is 0. The van der Waals surface area contributed by atoms with Gasteiger partial charge in [-0.1, -0.05) is 0 Å². The largest absolute Gasteiger partial charge is 0.443 e. The monoisotopic (exact) mass is 250 g/mol. The first kappa shape index (κ1) is 14.6. The fourth-order valence-electron chi connectivity index (χ4n) is 0.684. The SMILES string of the molecule is CCOP(=O)(/C=C(\F)C(F)(F)F)OCC. The number of allylic oxidation sites excluding steroid dienone is 1. The number of halogens is 4. The van der Waals surface area contributed by atoms with Crippen LogP contribution in [0.5, 0.6) is 0 Å². The maximum atomic E-state index is 12.5. The quantitative estimate of drug-likeness (QED) is 0.552. The molecule has 0 spiro atoms. The van der Waals surface area contributed by atoms with Crippen molar-refractivity contribution >= 4 is 7.60 Å². The van der Waals surface area contributed by atoms with E-state index in [1.165, 1.54) is 13.8 Å². The van der Waals surface area contributed by atoms with Gasteiger partial charge in [-0.05, 0) is 13.8 Å². The Labute approximate surface area is 84.6 Å². The summed E-state index contributed by atoms with van der Waals surface area (Å²) >= 11 is 0. The van der Waals surface area contributed by atoms with Gasteiger partial charge in [-0.2, -0.15) is 13.2 Å². The highest BCUT2D eigenvalue weighted by Crippen LogP contribution is 2.52. The molecular formula is C7H11F4O3P. The average molecular weight is 250 g/mol. The molecule has 0 bridgehead atoms. The maximum absolute atomic E-state index is 12.5. The van der Waals surface area contributed by atoms with Gasteiger partial charge in [0, 0.05) is 0 Å². The third-order valence-electron chi connectivity index (χ3n) is 1.16. The molecule has 15 heavy (non-hydrogen) atoms. The van der Waals surface area contributed by atoms with Gasteiger partial charge in [0.1, 0.15) is 0 Å². The van der Waals surface area contributed by atoms with Crippen LogP contribution in [0.3, 0.4) is 0 Å². The van der Waals surface area contributed by atoms with E-state index >= 15 is 0 Å². The molecule has 0 heterocycles. The lowest BCUT2D eigenvalue weighted by Crippen LogP contribution is -2.08. The van der Waals surface area contributed by atoms with Gasteiger partial charge in [-0.3, -0.25) is 4.57 Å². The Morgan fingerprint density at radius 2 is 1.67 bits per heavy atom. The number of hydrogen-bond donors (Lipinski definition) is 0. The molecule has 0 saturated carbocycles. The van der Waals surface area contributed by atoms with E-state index in [4.69, 9.17) is 0 Å². The lowest BCUT2D eigenvalue weighted by Gasteiger charge is -2.13. The lowest BCUT2D eigenvalue weighted by atomic mass is 10.6. The summed E-state index contributed by atoms with van der Waals surface area (Å²) < 4.78 is 68.1. The zero-order valence-corrected chi connectivity index (χ0v) is 9.07. The second kappa shape index (κ2) is 5.63. The minimum atomic E-state index is -5.18. The Bertz CT molecular complexity index is 264. The molecule has 0 atom stereocenters. The van der Waals surface area contributed by atoms with Crippen LogP contribution in [-0.4, -0.2) is 19.4 Å². The molecule has 0 aromatic heterocycles. The van der Waals surface area contributed by atoms with Gasteiger partial charge in [0.2, 0.25) is 5.83 Å². The summed E-state index contributed by atoms with van der Waals surface area (Å²) in [5.74, 6) is -2.63. The van der Waals surface area contributed by atoms with Crippen molar-refractivity contribution in [2.45, 2.75) is 20.0 Å². The van der Waals surface area contributed by atoms with Crippen LogP contribution in [0.15, 0.2) is 11.6 Å². The van der Waals surface area contributed by atoms with Crippen LogP contribution in [0, 0.1) is 0 Å². The molecule has 0 fully saturated rings. The van der Waals surface area contributed by atoms with Crippen molar-refractivity contribution in [1.82, 2.24) is 0 Å². The van der Waals surface area contributed by atoms with Crippen molar-refractivity contribution in [3.63, 3.8) is 0 Å². The molecule has 0 aliphatic heterocycles. The smallest absolute Gasteiger partial charge is 0.306 e. The van der Waals surface area contributed by atoms with Crippen molar-refractivity contribution in [3.8, 4) is 0 Å². The molecule has 8 heteroatoms. The van der Waals surface area contributed by atoms with Crippen molar-refractivity contribution in [1.29, 1.82) is 0 Å². The number of alkyl halides is 3. The molecule has 90 valence electrons. The minimum Gasteiger partial charge on any atom is -0.306 e. The van der Waals surface area contributed by atoms with Crippen LogP contribution in [0.1, 0.15) is 13.8 Å².